The summed E-state index contributed by atoms with van der Waals surface area (Å²) in [5, 5.41) is 0. The highest BCUT2D eigenvalue weighted by atomic mass is 16.2. The van der Waals surface area contributed by atoms with E-state index in [1.807, 2.05) is 69.8 Å². The van der Waals surface area contributed by atoms with E-state index in [0.717, 1.165) is 48.5 Å². The molecule has 0 spiro atoms. The number of nitrogens with zero attached hydrogens (tertiary/aromatic N) is 4. The summed E-state index contributed by atoms with van der Waals surface area (Å²) in [4.78, 5) is 34.7. The quantitative estimate of drug-likeness (QED) is 0.526. The molecule has 1 aliphatic rings. The van der Waals surface area contributed by atoms with Crippen molar-refractivity contribution in [2.24, 2.45) is 0 Å². The van der Waals surface area contributed by atoms with Crippen molar-refractivity contribution in [3.05, 3.63) is 59.9 Å². The zero-order chi connectivity index (χ0) is 22.7. The van der Waals surface area contributed by atoms with Gasteiger partial charge in [0.15, 0.2) is 0 Å². The van der Waals surface area contributed by atoms with Crippen molar-refractivity contribution in [2.75, 3.05) is 24.5 Å². The summed E-state index contributed by atoms with van der Waals surface area (Å²) in [5.41, 5.74) is 3.90. The number of imidazole rings is 1. The van der Waals surface area contributed by atoms with Crippen LogP contribution in [0.5, 0.6) is 0 Å². The summed E-state index contributed by atoms with van der Waals surface area (Å²) in [5.74, 6) is 0.991. The monoisotopic (exact) mass is 432 g/mol. The third-order valence-electron chi connectivity index (χ3n) is 6.15. The molecule has 4 rings (SSSR count). The predicted molar refractivity (Wildman–Crippen MR) is 128 cm³/mol. The topological polar surface area (TPSA) is 58.4 Å². The first-order valence-corrected chi connectivity index (χ1v) is 11.6. The van der Waals surface area contributed by atoms with Crippen LogP contribution in [-0.4, -0.2) is 45.9 Å². The summed E-state index contributed by atoms with van der Waals surface area (Å²) in [7, 11) is 0. The molecule has 1 saturated heterocycles. The number of benzene rings is 2. The van der Waals surface area contributed by atoms with E-state index < -0.39 is 0 Å². The molecule has 2 heterocycles. The second-order valence-electron chi connectivity index (χ2n) is 8.67. The fourth-order valence-electron chi connectivity index (χ4n) is 4.56. The average Bonchev–Trinajstić information content (AvgIpc) is 3.35. The van der Waals surface area contributed by atoms with Crippen LogP contribution in [0.3, 0.4) is 0 Å². The Morgan fingerprint density at radius 3 is 2.44 bits per heavy atom. The molecule has 1 aromatic heterocycles. The predicted octanol–water partition coefficient (Wildman–Crippen LogP) is 4.51. The van der Waals surface area contributed by atoms with E-state index in [1.54, 1.807) is 0 Å². The van der Waals surface area contributed by atoms with Crippen molar-refractivity contribution in [1.29, 1.82) is 0 Å². The molecular weight excluding hydrogens is 400 g/mol. The van der Waals surface area contributed by atoms with E-state index in [9.17, 15) is 9.59 Å². The molecule has 1 aliphatic heterocycles. The number of fused-ring (bicyclic) bond motifs is 1. The summed E-state index contributed by atoms with van der Waals surface area (Å²) >= 11 is 0. The van der Waals surface area contributed by atoms with Gasteiger partial charge in [-0.15, -0.1) is 0 Å². The van der Waals surface area contributed by atoms with Crippen molar-refractivity contribution in [3.8, 4) is 0 Å². The van der Waals surface area contributed by atoms with Gasteiger partial charge in [-0.05, 0) is 44.0 Å². The molecule has 0 N–H and O–H groups in total. The van der Waals surface area contributed by atoms with E-state index >= 15 is 0 Å². The van der Waals surface area contributed by atoms with Gasteiger partial charge in [0.25, 0.3) is 0 Å². The molecular formula is C26H32N4O2. The highest BCUT2D eigenvalue weighted by Crippen LogP contribution is 2.33. The van der Waals surface area contributed by atoms with Crippen molar-refractivity contribution in [3.63, 3.8) is 0 Å². The number of rotatable bonds is 8. The number of carbonyl (C=O) groups excluding carboxylic acids is 2. The van der Waals surface area contributed by atoms with Crippen LogP contribution in [0.4, 0.5) is 5.69 Å². The number of amides is 2. The van der Waals surface area contributed by atoms with E-state index in [2.05, 4.69) is 13.8 Å². The lowest BCUT2D eigenvalue weighted by Gasteiger charge is -2.23. The molecule has 1 atom stereocenters. The number of aryl methyl sites for hydroxylation is 1. The van der Waals surface area contributed by atoms with E-state index in [0.29, 0.717) is 13.0 Å². The van der Waals surface area contributed by atoms with Crippen LogP contribution in [0.2, 0.25) is 0 Å². The van der Waals surface area contributed by atoms with Gasteiger partial charge in [-0.2, -0.15) is 0 Å². The first-order chi connectivity index (χ1) is 15.5. The lowest BCUT2D eigenvalue weighted by Crippen LogP contribution is -2.35. The molecule has 6 heteroatoms. The molecule has 0 saturated carbocycles. The van der Waals surface area contributed by atoms with Gasteiger partial charge < -0.3 is 14.4 Å². The Kier molecular flexibility index (Phi) is 6.58. The largest absolute Gasteiger partial charge is 0.341 e. The van der Waals surface area contributed by atoms with Crippen molar-refractivity contribution in [1.82, 2.24) is 14.5 Å². The minimum absolute atomic E-state index is 0.0465. The second-order valence-corrected chi connectivity index (χ2v) is 8.67. The van der Waals surface area contributed by atoms with Crippen LogP contribution < -0.4 is 4.90 Å². The van der Waals surface area contributed by atoms with Crippen molar-refractivity contribution < 1.29 is 9.59 Å². The first kappa shape index (κ1) is 22.1. The number of anilines is 1. The van der Waals surface area contributed by atoms with E-state index in [-0.39, 0.29) is 24.3 Å². The smallest absolute Gasteiger partial charge is 0.242 e. The van der Waals surface area contributed by atoms with Crippen LogP contribution in [0.25, 0.3) is 11.0 Å². The Balaban J connectivity index is 1.65. The summed E-state index contributed by atoms with van der Waals surface area (Å²) in [6, 6.07) is 16.0. The van der Waals surface area contributed by atoms with Crippen LogP contribution in [0.15, 0.2) is 48.5 Å². The maximum atomic E-state index is 13.2. The minimum atomic E-state index is -0.0465. The van der Waals surface area contributed by atoms with Crippen LogP contribution in [0, 0.1) is 6.92 Å². The van der Waals surface area contributed by atoms with Gasteiger partial charge in [0.1, 0.15) is 12.4 Å². The van der Waals surface area contributed by atoms with Gasteiger partial charge in [0, 0.05) is 37.7 Å². The van der Waals surface area contributed by atoms with Crippen LogP contribution in [0.1, 0.15) is 50.4 Å². The molecule has 1 unspecified atom stereocenters. The van der Waals surface area contributed by atoms with Gasteiger partial charge in [-0.3, -0.25) is 9.59 Å². The Labute approximate surface area is 189 Å². The Hall–Kier alpha value is -3.15. The lowest BCUT2D eigenvalue weighted by atomic mass is 10.1. The fourth-order valence-corrected chi connectivity index (χ4v) is 4.56. The Morgan fingerprint density at radius 2 is 1.75 bits per heavy atom. The highest BCUT2D eigenvalue weighted by molar-refractivity contribution is 5.96. The first-order valence-electron chi connectivity index (χ1n) is 11.6. The highest BCUT2D eigenvalue weighted by Gasteiger charge is 2.35. The Bertz CT molecular complexity index is 1100. The number of hydrogen-bond acceptors (Lipinski definition) is 3. The standard InChI is InChI=1S/C26H32N4O2/c1-4-14-28(15-5-2)25(32)18-30-23-9-7-6-8-22(23)27-26(30)20-16-24(31)29(17-20)21-12-10-19(3)11-13-21/h6-13,20H,4-5,14-18H2,1-3H3. The van der Waals surface area contributed by atoms with Crippen LogP contribution >= 0.6 is 0 Å². The maximum absolute atomic E-state index is 13.2. The third-order valence-corrected chi connectivity index (χ3v) is 6.15. The van der Waals surface area contributed by atoms with Gasteiger partial charge in [-0.1, -0.05) is 43.7 Å². The van der Waals surface area contributed by atoms with Gasteiger partial charge in [-0.25, -0.2) is 4.98 Å². The fraction of sp³-hybridized carbons (Fsp3) is 0.423. The number of para-hydroxylation sites is 2. The molecule has 168 valence electrons. The molecule has 3 aromatic rings. The summed E-state index contributed by atoms with van der Waals surface area (Å²) < 4.78 is 2.03. The zero-order valence-electron chi connectivity index (χ0n) is 19.3. The number of aromatic nitrogens is 2. The lowest BCUT2D eigenvalue weighted by molar-refractivity contribution is -0.131. The average molecular weight is 433 g/mol. The maximum Gasteiger partial charge on any atom is 0.242 e. The SMILES string of the molecule is CCCN(CCC)C(=O)Cn1c(C2CC(=O)N(c3ccc(C)cc3)C2)nc2ccccc21. The summed E-state index contributed by atoms with van der Waals surface area (Å²) in [6.45, 7) is 8.58. The Morgan fingerprint density at radius 1 is 1.06 bits per heavy atom. The van der Waals surface area contributed by atoms with Gasteiger partial charge in [0.05, 0.1) is 11.0 Å². The normalized spacial score (nSPS) is 16.2. The van der Waals surface area contributed by atoms with Crippen molar-refractivity contribution >= 4 is 28.5 Å². The van der Waals surface area contributed by atoms with Crippen molar-refractivity contribution in [2.45, 2.75) is 52.5 Å². The molecule has 0 aliphatic carbocycles. The number of hydrogen-bond donors (Lipinski definition) is 0. The molecule has 6 nitrogen and oxygen atoms in total. The zero-order valence-corrected chi connectivity index (χ0v) is 19.3. The van der Waals surface area contributed by atoms with Crippen LogP contribution in [-0.2, 0) is 16.1 Å². The van der Waals surface area contributed by atoms with E-state index in [1.165, 1.54) is 5.56 Å². The number of carbonyl (C=O) groups is 2. The molecule has 2 amide bonds. The molecule has 32 heavy (non-hydrogen) atoms. The van der Waals surface area contributed by atoms with Gasteiger partial charge >= 0.3 is 0 Å². The molecule has 2 aromatic carbocycles. The minimum Gasteiger partial charge on any atom is -0.341 e. The van der Waals surface area contributed by atoms with Gasteiger partial charge in [0.2, 0.25) is 11.8 Å². The third kappa shape index (κ3) is 4.40. The van der Waals surface area contributed by atoms with E-state index in [4.69, 9.17) is 4.98 Å². The molecule has 0 radical (unpaired) electrons. The second kappa shape index (κ2) is 9.55. The molecule has 0 bridgehead atoms. The summed E-state index contributed by atoms with van der Waals surface area (Å²) in [6.07, 6.45) is 2.27. The molecule has 1 fully saturated rings.